The number of allylic oxidation sites excluding steroid dienone is 1. The van der Waals surface area contributed by atoms with Gasteiger partial charge in [0.2, 0.25) is 5.76 Å². The Hall–Kier alpha value is -3.39. The molecule has 0 bridgehead atoms. The summed E-state index contributed by atoms with van der Waals surface area (Å²) in [6, 6.07) is -0.924. The molecule has 3 N–H and O–H groups in total. The topological polar surface area (TPSA) is 163 Å². The molecule has 3 rings (SSSR count). The molecule has 1 aromatic heterocycles. The molecule has 40 heavy (non-hydrogen) atoms. The highest BCUT2D eigenvalue weighted by Gasteiger charge is 2.54. The first-order valence-electron chi connectivity index (χ1n) is 13.0. The van der Waals surface area contributed by atoms with Gasteiger partial charge in [-0.2, -0.15) is 0 Å². The molecule has 0 radical (unpaired) electrons. The van der Waals surface area contributed by atoms with E-state index < -0.39 is 35.2 Å². The van der Waals surface area contributed by atoms with Crippen molar-refractivity contribution < 1.29 is 33.5 Å². The number of thioether (sulfide) groups is 1. The summed E-state index contributed by atoms with van der Waals surface area (Å²) >= 11 is 2.52. The number of anilines is 1. The number of nitrogens with two attached hydrogens (primary N) is 1. The van der Waals surface area contributed by atoms with Gasteiger partial charge in [-0.05, 0) is 37.8 Å². The van der Waals surface area contributed by atoms with Gasteiger partial charge in [0.25, 0.3) is 11.8 Å². The maximum Gasteiger partial charge on any atom is 0.374 e. The highest BCUT2D eigenvalue weighted by atomic mass is 32.2. The van der Waals surface area contributed by atoms with Crippen molar-refractivity contribution in [1.29, 1.82) is 0 Å². The number of nitrogens with zero attached hydrogens (tertiary/aromatic N) is 3. The molecule has 1 saturated heterocycles. The number of amides is 2. The number of nitrogen functional groups attached to an aromatic ring is 1. The highest BCUT2D eigenvalue weighted by molar-refractivity contribution is 8.00. The molecule has 14 heteroatoms. The van der Waals surface area contributed by atoms with Crippen LogP contribution in [0.15, 0.2) is 33.6 Å². The Labute approximate surface area is 241 Å². The normalized spacial score (nSPS) is 19.9. The third kappa shape index (κ3) is 7.02. The zero-order chi connectivity index (χ0) is 29.4. The Morgan fingerprint density at radius 1 is 1.35 bits per heavy atom. The molecule has 3 heterocycles. The SMILES string of the molecule is C/C=C(\OC(=O)C1=C(C)CS[C@@H]2[C@H](NC(=O)/C(=N\OC)c3csc(N)n3)C(=O)N12)C(=O)OCC(CC)CCCC. The van der Waals surface area contributed by atoms with Crippen molar-refractivity contribution in [2.24, 2.45) is 11.1 Å². The zero-order valence-corrected chi connectivity index (χ0v) is 24.9. The van der Waals surface area contributed by atoms with Gasteiger partial charge in [-0.1, -0.05) is 38.3 Å². The fourth-order valence-electron chi connectivity index (χ4n) is 4.19. The fourth-order valence-corrected chi connectivity index (χ4v) is 6.03. The molecular weight excluding hydrogens is 558 g/mol. The van der Waals surface area contributed by atoms with Gasteiger partial charge in [-0.3, -0.25) is 14.5 Å². The zero-order valence-electron chi connectivity index (χ0n) is 23.2. The minimum absolute atomic E-state index is 0.0406. The molecule has 2 aliphatic rings. The monoisotopic (exact) mass is 593 g/mol. The number of β-lactam (4-membered cyclic amide) rings is 1. The third-order valence-electron chi connectivity index (χ3n) is 6.46. The van der Waals surface area contributed by atoms with Crippen molar-refractivity contribution >= 4 is 57.7 Å². The van der Waals surface area contributed by atoms with Crippen LogP contribution in [-0.4, -0.2) is 70.2 Å². The maximum absolute atomic E-state index is 13.2. The summed E-state index contributed by atoms with van der Waals surface area (Å²) in [5.41, 5.74) is 6.40. The number of nitrogens with one attached hydrogen (secondary N) is 1. The lowest BCUT2D eigenvalue weighted by Gasteiger charge is -2.49. The molecule has 12 nitrogen and oxygen atoms in total. The second-order valence-corrected chi connectivity index (χ2v) is 11.2. The van der Waals surface area contributed by atoms with Gasteiger partial charge in [-0.25, -0.2) is 14.6 Å². The van der Waals surface area contributed by atoms with E-state index in [1.807, 2.05) is 6.92 Å². The van der Waals surface area contributed by atoms with E-state index in [0.717, 1.165) is 37.0 Å². The highest BCUT2D eigenvalue weighted by Crippen LogP contribution is 2.40. The van der Waals surface area contributed by atoms with Gasteiger partial charge >= 0.3 is 11.9 Å². The van der Waals surface area contributed by atoms with Crippen LogP contribution in [0.5, 0.6) is 0 Å². The average Bonchev–Trinajstić information content (AvgIpc) is 3.38. The summed E-state index contributed by atoms with van der Waals surface area (Å²) in [5.74, 6) is -2.36. The minimum Gasteiger partial charge on any atom is -0.460 e. The van der Waals surface area contributed by atoms with Crippen LogP contribution in [0.1, 0.15) is 59.1 Å². The average molecular weight is 594 g/mol. The van der Waals surface area contributed by atoms with Gasteiger partial charge in [0.05, 0.1) is 6.61 Å². The second-order valence-electron chi connectivity index (χ2n) is 9.24. The third-order valence-corrected chi connectivity index (χ3v) is 8.56. The van der Waals surface area contributed by atoms with Crippen LogP contribution < -0.4 is 11.1 Å². The van der Waals surface area contributed by atoms with Gasteiger partial charge in [0.15, 0.2) is 10.8 Å². The number of aromatic nitrogens is 1. The van der Waals surface area contributed by atoms with E-state index in [0.29, 0.717) is 11.3 Å². The van der Waals surface area contributed by atoms with Crippen LogP contribution >= 0.6 is 23.1 Å². The standard InChI is InChI=1S/C26H35N5O7S2/c1-6-9-10-15(7-2)11-37-24(34)17(8-3)38-25(35)20-14(4)12-39-23-19(22(33)31(20)23)29-21(32)18(30-36-5)16-13-40-26(27)28-16/h8,13,15,19,23H,6-7,9-12H2,1-5H3,(H2,27,28)(H,29,32)/b17-8-,30-18-/t15?,19-,23-/m1/s1. The Balaban J connectivity index is 1.66. The van der Waals surface area contributed by atoms with Crippen LogP contribution in [0.3, 0.4) is 0 Å². The first kappa shape index (κ1) is 31.1. The number of oxime groups is 1. The first-order chi connectivity index (χ1) is 19.2. The number of unbranched alkanes of at least 4 members (excludes halogenated alkanes) is 1. The van der Waals surface area contributed by atoms with Gasteiger partial charge in [-0.15, -0.1) is 23.1 Å². The molecule has 218 valence electrons. The van der Waals surface area contributed by atoms with Crippen LogP contribution in [0, 0.1) is 5.92 Å². The van der Waals surface area contributed by atoms with Crippen LogP contribution in [-0.2, 0) is 33.5 Å². The van der Waals surface area contributed by atoms with Crippen molar-refractivity contribution in [2.75, 3.05) is 25.2 Å². The van der Waals surface area contributed by atoms with Crippen LogP contribution in [0.2, 0.25) is 0 Å². The van der Waals surface area contributed by atoms with Crippen LogP contribution in [0.25, 0.3) is 0 Å². The molecule has 0 aliphatic carbocycles. The maximum atomic E-state index is 13.2. The summed E-state index contributed by atoms with van der Waals surface area (Å²) in [5, 5.41) is 7.62. The first-order valence-corrected chi connectivity index (χ1v) is 14.9. The Kier molecular flexibility index (Phi) is 11.1. The van der Waals surface area contributed by atoms with E-state index >= 15 is 0 Å². The minimum atomic E-state index is -0.924. The molecule has 3 atom stereocenters. The Bertz CT molecular complexity index is 1230. The summed E-state index contributed by atoms with van der Waals surface area (Å²) in [7, 11) is 1.28. The quantitative estimate of drug-likeness (QED) is 0.0868. The van der Waals surface area contributed by atoms with Crippen molar-refractivity contribution in [3.8, 4) is 0 Å². The lowest BCUT2D eigenvalue weighted by Crippen LogP contribution is -2.71. The summed E-state index contributed by atoms with van der Waals surface area (Å²) < 4.78 is 10.8. The lowest BCUT2D eigenvalue weighted by molar-refractivity contribution is -0.155. The number of ether oxygens (including phenoxy) is 2. The van der Waals surface area contributed by atoms with Crippen molar-refractivity contribution in [1.82, 2.24) is 15.2 Å². The summed E-state index contributed by atoms with van der Waals surface area (Å²) in [4.78, 5) is 62.0. The van der Waals surface area contributed by atoms with E-state index in [1.165, 1.54) is 29.8 Å². The number of rotatable bonds is 13. The van der Waals surface area contributed by atoms with E-state index in [9.17, 15) is 19.2 Å². The van der Waals surface area contributed by atoms with Gasteiger partial charge in [0, 0.05) is 11.1 Å². The van der Waals surface area contributed by atoms with E-state index in [2.05, 4.69) is 22.4 Å². The molecule has 1 unspecified atom stereocenters. The molecular formula is C26H35N5O7S2. The Morgan fingerprint density at radius 2 is 2.10 bits per heavy atom. The molecule has 1 fully saturated rings. The largest absolute Gasteiger partial charge is 0.460 e. The van der Waals surface area contributed by atoms with Gasteiger partial charge in [0.1, 0.15) is 29.9 Å². The molecule has 2 aliphatic heterocycles. The fraction of sp³-hybridized carbons (Fsp3) is 0.538. The van der Waals surface area contributed by atoms with Crippen molar-refractivity contribution in [3.05, 3.63) is 34.2 Å². The predicted molar refractivity (Wildman–Crippen MR) is 152 cm³/mol. The summed E-state index contributed by atoms with van der Waals surface area (Å²) in [6.07, 6.45) is 5.27. The Morgan fingerprint density at radius 3 is 2.70 bits per heavy atom. The lowest BCUT2D eigenvalue weighted by atomic mass is 10.0. The van der Waals surface area contributed by atoms with E-state index in [1.54, 1.807) is 19.2 Å². The van der Waals surface area contributed by atoms with Crippen LogP contribution in [0.4, 0.5) is 5.13 Å². The molecule has 2 amide bonds. The number of carbonyl (C=O) groups is 4. The van der Waals surface area contributed by atoms with E-state index in [-0.39, 0.29) is 40.5 Å². The number of fused-ring (bicyclic) bond motifs is 1. The number of carbonyl (C=O) groups excluding carboxylic acids is 4. The second kappa shape index (κ2) is 14.3. The molecule has 1 aromatic rings. The van der Waals surface area contributed by atoms with Crippen molar-refractivity contribution in [3.63, 3.8) is 0 Å². The number of hydrogen-bond acceptors (Lipinski definition) is 12. The smallest absolute Gasteiger partial charge is 0.374 e. The number of esters is 2. The molecule has 0 spiro atoms. The number of hydrogen-bond donors (Lipinski definition) is 2. The van der Waals surface area contributed by atoms with Gasteiger partial charge < -0.3 is 25.4 Å². The molecule has 0 aromatic carbocycles. The van der Waals surface area contributed by atoms with E-state index in [4.69, 9.17) is 20.0 Å². The molecule has 0 saturated carbocycles. The van der Waals surface area contributed by atoms with Crippen molar-refractivity contribution in [2.45, 2.75) is 64.8 Å². The predicted octanol–water partition coefficient (Wildman–Crippen LogP) is 2.96. The summed E-state index contributed by atoms with van der Waals surface area (Å²) in [6.45, 7) is 7.65. The number of thiazole rings is 1.